The highest BCUT2D eigenvalue weighted by Crippen LogP contribution is 2.27. The molecule has 1 aromatic rings. The van der Waals surface area contributed by atoms with Crippen LogP contribution < -0.4 is 22.7 Å². The van der Waals surface area contributed by atoms with Gasteiger partial charge >= 0.3 is 5.69 Å². The fourth-order valence-corrected chi connectivity index (χ4v) is 2.53. The molecule has 0 saturated heterocycles. The second-order valence-electron chi connectivity index (χ2n) is 4.72. The van der Waals surface area contributed by atoms with Crippen molar-refractivity contribution < 1.29 is 4.79 Å². The Morgan fingerprint density at radius 1 is 1.26 bits per heavy atom. The number of hydrogen-bond donors (Lipinski definition) is 2. The van der Waals surface area contributed by atoms with Crippen molar-refractivity contribution in [1.82, 2.24) is 9.13 Å². The molecule has 7 nitrogen and oxygen atoms in total. The van der Waals surface area contributed by atoms with Crippen LogP contribution in [0.25, 0.3) is 0 Å². The van der Waals surface area contributed by atoms with Crippen molar-refractivity contribution in [2.75, 3.05) is 6.54 Å². The third kappa shape index (κ3) is 2.39. The van der Waals surface area contributed by atoms with Crippen LogP contribution >= 0.6 is 0 Å². The molecule has 2 rings (SSSR count). The van der Waals surface area contributed by atoms with Crippen molar-refractivity contribution in [2.24, 2.45) is 11.5 Å². The number of carbonyl (C=O) groups is 1. The number of nitrogens with zero attached hydrogens (tertiary/aromatic N) is 2. The Hall–Kier alpha value is -1.73. The maximum atomic E-state index is 12.3. The molecule has 1 aromatic heterocycles. The van der Waals surface area contributed by atoms with E-state index in [2.05, 4.69) is 0 Å². The van der Waals surface area contributed by atoms with Crippen molar-refractivity contribution in [1.29, 1.82) is 0 Å². The second-order valence-corrected chi connectivity index (χ2v) is 4.72. The average molecular weight is 266 g/mol. The van der Waals surface area contributed by atoms with Crippen molar-refractivity contribution in [3.8, 4) is 0 Å². The molecular formula is C12H18N4O3. The topological polar surface area (TPSA) is 113 Å². The predicted molar refractivity (Wildman–Crippen MR) is 70.0 cm³/mol. The van der Waals surface area contributed by atoms with Gasteiger partial charge in [0, 0.05) is 24.3 Å². The first-order valence-electron chi connectivity index (χ1n) is 6.40. The molecule has 0 radical (unpaired) electrons. The summed E-state index contributed by atoms with van der Waals surface area (Å²) in [5.41, 5.74) is 10.0. The predicted octanol–water partition coefficient (Wildman–Crippen LogP) is -0.817. The highest BCUT2D eigenvalue weighted by molar-refractivity contribution is 5.80. The summed E-state index contributed by atoms with van der Waals surface area (Å²) in [4.78, 5) is 36.1. The Labute approximate surface area is 109 Å². The molecule has 0 unspecified atom stereocenters. The Morgan fingerprint density at radius 2 is 1.89 bits per heavy atom. The van der Waals surface area contributed by atoms with Gasteiger partial charge in [-0.1, -0.05) is 12.8 Å². The van der Waals surface area contributed by atoms with E-state index in [1.54, 1.807) is 0 Å². The molecule has 7 heteroatoms. The number of nitrogens with two attached hydrogens (primary N) is 2. The van der Waals surface area contributed by atoms with Gasteiger partial charge in [0.25, 0.3) is 5.56 Å². The quantitative estimate of drug-likeness (QED) is 0.742. The van der Waals surface area contributed by atoms with E-state index in [1.807, 2.05) is 0 Å². The molecule has 1 aliphatic carbocycles. The normalized spacial score (nSPS) is 15.9. The Bertz CT molecular complexity index is 596. The van der Waals surface area contributed by atoms with Crippen LogP contribution in [0, 0.1) is 0 Å². The van der Waals surface area contributed by atoms with E-state index < -0.39 is 11.6 Å². The van der Waals surface area contributed by atoms with Gasteiger partial charge in [-0.05, 0) is 12.8 Å². The first-order valence-corrected chi connectivity index (χ1v) is 6.40. The lowest BCUT2D eigenvalue weighted by Crippen LogP contribution is -2.46. The molecule has 4 N–H and O–H groups in total. The average Bonchev–Trinajstić information content (AvgIpc) is 2.92. The zero-order valence-electron chi connectivity index (χ0n) is 10.7. The summed E-state index contributed by atoms with van der Waals surface area (Å²) in [5.74, 6) is -0.536. The smallest absolute Gasteiger partial charge is 0.326 e. The number of rotatable bonds is 3. The van der Waals surface area contributed by atoms with Gasteiger partial charge in [0.05, 0.1) is 6.54 Å². The fraction of sp³-hybridized carbons (Fsp3) is 0.583. The molecule has 1 fully saturated rings. The van der Waals surface area contributed by atoms with Gasteiger partial charge in [-0.3, -0.25) is 14.2 Å². The number of aromatic nitrogens is 2. The molecular weight excluding hydrogens is 248 g/mol. The molecule has 19 heavy (non-hydrogen) atoms. The Balaban J connectivity index is 2.66. The van der Waals surface area contributed by atoms with Crippen LogP contribution in [0.1, 0.15) is 42.1 Å². The lowest BCUT2D eigenvalue weighted by molar-refractivity contribution is 0.0914. The zero-order chi connectivity index (χ0) is 14.0. The van der Waals surface area contributed by atoms with Crippen LogP contribution in [0.2, 0.25) is 0 Å². The van der Waals surface area contributed by atoms with Gasteiger partial charge in [-0.15, -0.1) is 0 Å². The molecule has 0 amide bonds. The van der Waals surface area contributed by atoms with Crippen LogP contribution in [0.5, 0.6) is 0 Å². The maximum absolute atomic E-state index is 12.3. The minimum Gasteiger partial charge on any atom is -0.326 e. The molecule has 0 aliphatic heterocycles. The highest BCUT2D eigenvalue weighted by Gasteiger charge is 2.23. The minimum absolute atomic E-state index is 0.0102. The van der Waals surface area contributed by atoms with E-state index in [4.69, 9.17) is 11.5 Å². The van der Waals surface area contributed by atoms with E-state index >= 15 is 0 Å². The van der Waals surface area contributed by atoms with Crippen LogP contribution in [0.3, 0.4) is 0 Å². The highest BCUT2D eigenvalue weighted by atomic mass is 16.2. The van der Waals surface area contributed by atoms with E-state index in [0.717, 1.165) is 30.3 Å². The summed E-state index contributed by atoms with van der Waals surface area (Å²) in [7, 11) is 0. The molecule has 0 spiro atoms. The summed E-state index contributed by atoms with van der Waals surface area (Å²) in [6.07, 6.45) is 4.73. The van der Waals surface area contributed by atoms with E-state index in [-0.39, 0.29) is 30.3 Å². The van der Waals surface area contributed by atoms with Crippen LogP contribution in [-0.4, -0.2) is 21.6 Å². The summed E-state index contributed by atoms with van der Waals surface area (Å²) in [6, 6.07) is -0.136. The van der Waals surface area contributed by atoms with E-state index in [9.17, 15) is 14.4 Å². The minimum atomic E-state index is -0.607. The van der Waals surface area contributed by atoms with Gasteiger partial charge in [0.1, 0.15) is 0 Å². The van der Waals surface area contributed by atoms with Gasteiger partial charge in [0.2, 0.25) is 5.91 Å². The Kier molecular flexibility index (Phi) is 3.96. The lowest BCUT2D eigenvalue weighted by Gasteiger charge is -2.15. The summed E-state index contributed by atoms with van der Waals surface area (Å²) in [6.45, 7) is -0.295. The maximum Gasteiger partial charge on any atom is 0.338 e. The lowest BCUT2D eigenvalue weighted by atomic mass is 10.2. The number of hydrogen-bond acceptors (Lipinski definition) is 5. The molecule has 104 valence electrons. The molecule has 1 heterocycles. The van der Waals surface area contributed by atoms with Crippen LogP contribution in [-0.2, 0) is 6.54 Å². The van der Waals surface area contributed by atoms with Gasteiger partial charge in [-0.2, -0.15) is 0 Å². The molecule has 0 bridgehead atoms. The van der Waals surface area contributed by atoms with E-state index in [0.29, 0.717) is 0 Å². The van der Waals surface area contributed by atoms with Gasteiger partial charge in [0.15, 0.2) is 0 Å². The molecule has 1 aliphatic rings. The third-order valence-electron chi connectivity index (χ3n) is 3.54. The SMILES string of the molecule is NCC(=O)n1cc(CN)c(=O)n(C2CCCC2)c1=O. The standard InChI is InChI=1S/C12H18N4O3/c13-5-8-7-15(10(17)6-14)12(19)16(11(8)18)9-3-1-2-4-9/h7,9H,1-6,13-14H2. The van der Waals surface area contributed by atoms with Crippen molar-refractivity contribution in [3.05, 3.63) is 32.6 Å². The van der Waals surface area contributed by atoms with Crippen molar-refractivity contribution in [3.63, 3.8) is 0 Å². The fourth-order valence-electron chi connectivity index (χ4n) is 2.53. The molecule has 0 atom stereocenters. The summed E-state index contributed by atoms with van der Waals surface area (Å²) in [5, 5.41) is 0. The van der Waals surface area contributed by atoms with Gasteiger partial charge < -0.3 is 11.5 Å². The monoisotopic (exact) mass is 266 g/mol. The summed E-state index contributed by atoms with van der Waals surface area (Å²) >= 11 is 0. The summed E-state index contributed by atoms with van der Waals surface area (Å²) < 4.78 is 2.07. The van der Waals surface area contributed by atoms with E-state index in [1.165, 1.54) is 10.8 Å². The first-order chi connectivity index (χ1) is 9.10. The number of carbonyl (C=O) groups excluding carboxylic acids is 1. The van der Waals surface area contributed by atoms with Crippen molar-refractivity contribution >= 4 is 5.91 Å². The third-order valence-corrected chi connectivity index (χ3v) is 3.54. The Morgan fingerprint density at radius 3 is 2.42 bits per heavy atom. The van der Waals surface area contributed by atoms with Crippen LogP contribution in [0.4, 0.5) is 0 Å². The first kappa shape index (κ1) is 13.7. The zero-order valence-corrected chi connectivity index (χ0v) is 10.7. The molecule has 0 aromatic carbocycles. The second kappa shape index (κ2) is 5.50. The van der Waals surface area contributed by atoms with Gasteiger partial charge in [-0.25, -0.2) is 9.36 Å². The van der Waals surface area contributed by atoms with Crippen molar-refractivity contribution in [2.45, 2.75) is 38.3 Å². The molecule has 1 saturated carbocycles. The van der Waals surface area contributed by atoms with Crippen LogP contribution in [0.15, 0.2) is 15.8 Å². The largest absolute Gasteiger partial charge is 0.338 e.